The van der Waals surface area contributed by atoms with Crippen molar-refractivity contribution in [3.63, 3.8) is 0 Å². The van der Waals surface area contributed by atoms with E-state index < -0.39 is 10.8 Å². The molecule has 83 heavy (non-hydrogen) atoms. The first-order chi connectivity index (χ1) is 41.2. The molecule has 0 saturated heterocycles. The molecule has 2 spiro atoms. The van der Waals surface area contributed by atoms with E-state index >= 15 is 0 Å². The topological polar surface area (TPSA) is 17.4 Å². The first-order valence-corrected chi connectivity index (χ1v) is 28.8. The van der Waals surface area contributed by atoms with Gasteiger partial charge in [0, 0.05) is 44.4 Å². The van der Waals surface area contributed by atoms with E-state index in [4.69, 9.17) is 4.74 Å². The number of ether oxygens (including phenoxy) is 1. The Morgan fingerprint density at radius 2 is 0.747 bits per heavy atom. The zero-order valence-electron chi connectivity index (χ0n) is 45.2. The van der Waals surface area contributed by atoms with Gasteiger partial charge in [0.2, 0.25) is 0 Å². The Bertz CT molecular complexity index is 4920. The smallest absolute Gasteiger partial charge is 0.132 e. The molecular formula is C80H50N2O. The summed E-state index contributed by atoms with van der Waals surface area (Å²) in [6, 6.07) is 113. The highest BCUT2D eigenvalue weighted by molar-refractivity contribution is 6.13. The molecule has 14 aromatic rings. The Morgan fingerprint density at radius 3 is 1.40 bits per heavy atom. The molecule has 386 valence electrons. The molecular weight excluding hydrogens is 1000 g/mol. The molecule has 0 radical (unpaired) electrons. The van der Waals surface area contributed by atoms with Gasteiger partial charge < -0.3 is 14.2 Å². The number of para-hydroxylation sites is 4. The molecule has 18 rings (SSSR count). The first-order valence-electron chi connectivity index (χ1n) is 28.8. The number of fused-ring (bicyclic) bond motifs is 22. The van der Waals surface area contributed by atoms with Crippen LogP contribution in [-0.2, 0) is 10.8 Å². The van der Waals surface area contributed by atoms with Crippen molar-refractivity contribution >= 4 is 38.9 Å². The monoisotopic (exact) mass is 1050 g/mol. The maximum absolute atomic E-state index is 6.73. The second-order valence-electron chi connectivity index (χ2n) is 22.6. The van der Waals surface area contributed by atoms with E-state index in [0.29, 0.717) is 0 Å². The van der Waals surface area contributed by atoms with Crippen molar-refractivity contribution in [2.75, 3.05) is 4.90 Å². The minimum atomic E-state index is -0.579. The highest BCUT2D eigenvalue weighted by Crippen LogP contribution is 2.66. The van der Waals surface area contributed by atoms with E-state index in [0.717, 1.165) is 67.6 Å². The van der Waals surface area contributed by atoms with Crippen LogP contribution in [0.1, 0.15) is 44.5 Å². The summed E-state index contributed by atoms with van der Waals surface area (Å²) in [6.45, 7) is 0. The average molecular weight is 1060 g/mol. The highest BCUT2D eigenvalue weighted by Gasteiger charge is 2.53. The summed E-state index contributed by atoms with van der Waals surface area (Å²) in [5.41, 5.74) is 28.2. The SMILES string of the molecule is c1ccc(-c2ccccc2N(c2ccc(-c3ccc4c(c3)c3cc5c(cc3n4-c3ccccc3)C3(c4ccccc4Oc4ccccc43)c3ccccc3-5)cc2)c2cccc3c2-c2ccccc2C32c3ccccc3-c3ccccc32)cc1. The molecule has 2 heterocycles. The summed E-state index contributed by atoms with van der Waals surface area (Å²) in [5.74, 6) is 1.79. The first kappa shape index (κ1) is 46.1. The van der Waals surface area contributed by atoms with E-state index in [2.05, 4.69) is 313 Å². The summed E-state index contributed by atoms with van der Waals surface area (Å²) >= 11 is 0. The van der Waals surface area contributed by atoms with E-state index in [1.54, 1.807) is 0 Å². The van der Waals surface area contributed by atoms with Crippen LogP contribution in [0.15, 0.2) is 303 Å². The lowest BCUT2D eigenvalue weighted by Crippen LogP contribution is -2.32. The Balaban J connectivity index is 0.834. The van der Waals surface area contributed by atoms with E-state index in [9.17, 15) is 0 Å². The predicted molar refractivity (Wildman–Crippen MR) is 340 cm³/mol. The van der Waals surface area contributed by atoms with Crippen LogP contribution in [0.5, 0.6) is 11.5 Å². The van der Waals surface area contributed by atoms with Gasteiger partial charge in [-0.25, -0.2) is 0 Å². The number of rotatable bonds is 6. The summed E-state index contributed by atoms with van der Waals surface area (Å²) in [4.78, 5) is 2.52. The van der Waals surface area contributed by atoms with Crippen molar-refractivity contribution in [2.24, 2.45) is 0 Å². The number of aromatic nitrogens is 1. The van der Waals surface area contributed by atoms with Crippen molar-refractivity contribution in [3.8, 4) is 72.8 Å². The fraction of sp³-hybridized carbons (Fsp3) is 0.0250. The summed E-state index contributed by atoms with van der Waals surface area (Å²) < 4.78 is 9.20. The third-order valence-electron chi connectivity index (χ3n) is 18.7. The molecule has 0 atom stereocenters. The van der Waals surface area contributed by atoms with Crippen LogP contribution in [0, 0.1) is 0 Å². The van der Waals surface area contributed by atoms with E-state index in [1.165, 1.54) is 88.6 Å². The van der Waals surface area contributed by atoms with Crippen molar-refractivity contribution in [1.82, 2.24) is 4.57 Å². The molecule has 0 amide bonds. The van der Waals surface area contributed by atoms with Gasteiger partial charge in [0.05, 0.1) is 33.2 Å². The van der Waals surface area contributed by atoms with Crippen molar-refractivity contribution < 1.29 is 4.74 Å². The Labute approximate surface area is 481 Å². The van der Waals surface area contributed by atoms with Gasteiger partial charge in [0.1, 0.15) is 11.5 Å². The number of nitrogens with zero attached hydrogens (tertiary/aromatic N) is 2. The lowest BCUT2D eigenvalue weighted by Gasteiger charge is -2.39. The van der Waals surface area contributed by atoms with Gasteiger partial charge in [-0.3, -0.25) is 0 Å². The Kier molecular flexibility index (Phi) is 9.64. The Hall–Kier alpha value is -10.7. The van der Waals surface area contributed by atoms with Crippen molar-refractivity contribution in [2.45, 2.75) is 10.8 Å². The minimum absolute atomic E-state index is 0.474. The molecule has 0 bridgehead atoms. The number of benzene rings is 13. The lowest BCUT2D eigenvalue weighted by molar-refractivity contribution is 0.436. The predicted octanol–water partition coefficient (Wildman–Crippen LogP) is 20.4. The summed E-state index contributed by atoms with van der Waals surface area (Å²) in [7, 11) is 0. The lowest BCUT2D eigenvalue weighted by atomic mass is 9.66. The third kappa shape index (κ3) is 6.18. The normalized spacial score (nSPS) is 13.8. The van der Waals surface area contributed by atoms with Crippen LogP contribution >= 0.6 is 0 Å². The third-order valence-corrected chi connectivity index (χ3v) is 18.7. The summed E-state index contributed by atoms with van der Waals surface area (Å²) in [5, 5.41) is 2.43. The van der Waals surface area contributed by atoms with Crippen LogP contribution in [0.3, 0.4) is 0 Å². The fourth-order valence-electron chi connectivity index (χ4n) is 15.5. The van der Waals surface area contributed by atoms with Gasteiger partial charge in [0.15, 0.2) is 0 Å². The zero-order chi connectivity index (χ0) is 54.4. The zero-order valence-corrected chi connectivity index (χ0v) is 45.2. The van der Waals surface area contributed by atoms with Crippen LogP contribution in [0.25, 0.3) is 83.1 Å². The van der Waals surface area contributed by atoms with Crippen LogP contribution in [0.2, 0.25) is 0 Å². The number of anilines is 3. The number of hydrogen-bond acceptors (Lipinski definition) is 2. The fourth-order valence-corrected chi connectivity index (χ4v) is 15.5. The molecule has 0 unspecified atom stereocenters. The van der Waals surface area contributed by atoms with Gasteiger partial charge >= 0.3 is 0 Å². The molecule has 0 saturated carbocycles. The Morgan fingerprint density at radius 1 is 0.277 bits per heavy atom. The minimum Gasteiger partial charge on any atom is -0.457 e. The molecule has 3 heteroatoms. The van der Waals surface area contributed by atoms with Crippen molar-refractivity contribution in [1.29, 1.82) is 0 Å². The van der Waals surface area contributed by atoms with Gasteiger partial charge in [-0.2, -0.15) is 0 Å². The second-order valence-corrected chi connectivity index (χ2v) is 22.6. The van der Waals surface area contributed by atoms with E-state index in [1.807, 2.05) is 0 Å². The average Bonchev–Trinajstić information content (AvgIpc) is 1.60. The number of hydrogen-bond donors (Lipinski definition) is 0. The summed E-state index contributed by atoms with van der Waals surface area (Å²) in [6.07, 6.45) is 0. The van der Waals surface area contributed by atoms with Crippen molar-refractivity contribution in [3.05, 3.63) is 348 Å². The van der Waals surface area contributed by atoms with E-state index in [-0.39, 0.29) is 0 Å². The maximum Gasteiger partial charge on any atom is 0.132 e. The van der Waals surface area contributed by atoms with Gasteiger partial charge in [-0.05, 0) is 151 Å². The van der Waals surface area contributed by atoms with Crippen LogP contribution in [-0.4, -0.2) is 4.57 Å². The van der Waals surface area contributed by atoms with Gasteiger partial charge in [-0.15, -0.1) is 0 Å². The van der Waals surface area contributed by atoms with Gasteiger partial charge in [-0.1, -0.05) is 231 Å². The highest BCUT2D eigenvalue weighted by atomic mass is 16.5. The molecule has 0 fully saturated rings. The van der Waals surface area contributed by atoms with Crippen LogP contribution < -0.4 is 9.64 Å². The maximum atomic E-state index is 6.73. The standard InChI is InChI=1S/C80H50N2O/c1-3-22-52(23-4-1)56-26-11-18-38-72(56)81(74-39-21-37-70-78(74)60-30-10-15-34-67(60)79(70)64-31-12-7-27-57(64)58-28-8-13-32-65(58)79)55-45-42-51(43-46-55)53-44-47-73-62(48-53)63-49-61-59-29-9-14-33-66(59)80(71(61)50-75(63)82(73)54-24-5-2-6-25-54)68-35-16-19-40-76(68)83-77-41-20-17-36-69(77)80/h1-50H. The molecule has 3 aliphatic carbocycles. The quantitative estimate of drug-likeness (QED) is 0.165. The molecule has 0 N–H and O–H groups in total. The largest absolute Gasteiger partial charge is 0.457 e. The van der Waals surface area contributed by atoms with Gasteiger partial charge in [0.25, 0.3) is 0 Å². The molecule has 1 aromatic heterocycles. The second kappa shape index (κ2) is 17.4. The van der Waals surface area contributed by atoms with Crippen LogP contribution in [0.4, 0.5) is 17.1 Å². The molecule has 13 aromatic carbocycles. The molecule has 4 aliphatic rings. The molecule has 3 nitrogen and oxygen atoms in total. The molecule has 1 aliphatic heterocycles.